The lowest BCUT2D eigenvalue weighted by atomic mass is 10.0. The van der Waals surface area contributed by atoms with Crippen molar-refractivity contribution in [2.45, 2.75) is 19.8 Å². The van der Waals surface area contributed by atoms with Crippen LogP contribution in [0.2, 0.25) is 0 Å². The molecule has 4 nitrogen and oxygen atoms in total. The third kappa shape index (κ3) is 2.22. The molecule has 76 valence electrons. The van der Waals surface area contributed by atoms with Crippen molar-refractivity contribution in [3.8, 4) is 0 Å². The van der Waals surface area contributed by atoms with Gasteiger partial charge in [0.05, 0.1) is 6.21 Å². The van der Waals surface area contributed by atoms with Crippen molar-refractivity contribution in [3.63, 3.8) is 0 Å². The highest BCUT2D eigenvalue weighted by molar-refractivity contribution is 5.87. The number of oxime groups is 1. The van der Waals surface area contributed by atoms with Gasteiger partial charge >= 0.3 is 0 Å². The maximum Gasteiger partial charge on any atom is 0.106 e. The summed E-state index contributed by atoms with van der Waals surface area (Å²) in [7, 11) is 1.49. The van der Waals surface area contributed by atoms with E-state index in [1.54, 1.807) is 18.6 Å². The number of hydrogen-bond acceptors (Lipinski definition) is 4. The second-order valence-electron chi connectivity index (χ2n) is 3.30. The molecule has 0 saturated heterocycles. The highest BCUT2D eigenvalue weighted by Crippen LogP contribution is 2.22. The molecule has 0 fully saturated rings. The predicted octanol–water partition coefficient (Wildman–Crippen LogP) is 1.77. The van der Waals surface area contributed by atoms with Gasteiger partial charge in [-0.3, -0.25) is 4.98 Å². The number of aromatic nitrogens is 1. The van der Waals surface area contributed by atoms with Gasteiger partial charge in [0.25, 0.3) is 0 Å². The number of rotatable bonds is 3. The zero-order valence-corrected chi connectivity index (χ0v) is 8.69. The SMILES string of the molecule is CO/N=C/c1cncc(C(C)C)c1N. The Bertz CT molecular complexity index is 334. The van der Waals surface area contributed by atoms with E-state index in [9.17, 15) is 0 Å². The zero-order chi connectivity index (χ0) is 10.6. The van der Waals surface area contributed by atoms with E-state index in [4.69, 9.17) is 5.73 Å². The number of nitrogen functional groups attached to an aromatic ring is 1. The summed E-state index contributed by atoms with van der Waals surface area (Å²) in [5.41, 5.74) is 8.48. The topological polar surface area (TPSA) is 60.5 Å². The summed E-state index contributed by atoms with van der Waals surface area (Å²) in [6.45, 7) is 4.15. The van der Waals surface area contributed by atoms with Crippen LogP contribution < -0.4 is 5.73 Å². The quantitative estimate of drug-likeness (QED) is 0.587. The summed E-state index contributed by atoms with van der Waals surface area (Å²) >= 11 is 0. The molecule has 1 aromatic heterocycles. The van der Waals surface area contributed by atoms with Crippen LogP contribution in [0.5, 0.6) is 0 Å². The Labute approximate surface area is 83.8 Å². The molecule has 1 rings (SSSR count). The Morgan fingerprint density at radius 2 is 2.21 bits per heavy atom. The van der Waals surface area contributed by atoms with Crippen LogP contribution >= 0.6 is 0 Å². The van der Waals surface area contributed by atoms with Gasteiger partial charge in [0.15, 0.2) is 0 Å². The van der Waals surface area contributed by atoms with Crippen LogP contribution in [0.3, 0.4) is 0 Å². The third-order valence-corrected chi connectivity index (χ3v) is 1.97. The Morgan fingerprint density at radius 1 is 1.50 bits per heavy atom. The summed E-state index contributed by atoms with van der Waals surface area (Å²) in [5, 5.41) is 3.66. The summed E-state index contributed by atoms with van der Waals surface area (Å²) in [6.07, 6.45) is 5.02. The van der Waals surface area contributed by atoms with E-state index in [-0.39, 0.29) is 0 Å². The normalized spacial score (nSPS) is 11.1. The highest BCUT2D eigenvalue weighted by atomic mass is 16.6. The van der Waals surface area contributed by atoms with Crippen LogP contribution in [0.1, 0.15) is 30.9 Å². The molecule has 0 aliphatic carbocycles. The van der Waals surface area contributed by atoms with E-state index in [0.29, 0.717) is 5.92 Å². The van der Waals surface area contributed by atoms with Crippen LogP contribution in [0.25, 0.3) is 0 Å². The molecule has 0 amide bonds. The minimum absolute atomic E-state index is 0.360. The van der Waals surface area contributed by atoms with E-state index < -0.39 is 0 Å². The minimum atomic E-state index is 0.360. The minimum Gasteiger partial charge on any atom is -0.399 e. The van der Waals surface area contributed by atoms with Crippen LogP contribution in [-0.4, -0.2) is 18.3 Å². The molecule has 0 aliphatic heterocycles. The number of hydrogen-bond donors (Lipinski definition) is 1. The molecule has 0 saturated carbocycles. The predicted molar refractivity (Wildman–Crippen MR) is 57.3 cm³/mol. The summed E-state index contributed by atoms with van der Waals surface area (Å²) in [5.74, 6) is 0.360. The Morgan fingerprint density at radius 3 is 2.79 bits per heavy atom. The monoisotopic (exact) mass is 193 g/mol. The molecular formula is C10H15N3O. The first-order valence-corrected chi connectivity index (χ1v) is 4.46. The molecule has 0 aliphatic rings. The number of nitrogens with two attached hydrogens (primary N) is 1. The molecule has 2 N–H and O–H groups in total. The van der Waals surface area contributed by atoms with Gasteiger partial charge in [-0.1, -0.05) is 19.0 Å². The van der Waals surface area contributed by atoms with Crippen molar-refractivity contribution in [3.05, 3.63) is 23.5 Å². The fourth-order valence-electron chi connectivity index (χ4n) is 1.18. The fraction of sp³-hybridized carbons (Fsp3) is 0.400. The van der Waals surface area contributed by atoms with E-state index in [0.717, 1.165) is 16.8 Å². The van der Waals surface area contributed by atoms with Crippen molar-refractivity contribution in [2.75, 3.05) is 12.8 Å². The van der Waals surface area contributed by atoms with Gasteiger partial charge in [-0.2, -0.15) is 0 Å². The first-order chi connectivity index (χ1) is 6.66. The van der Waals surface area contributed by atoms with E-state index in [1.807, 2.05) is 0 Å². The Balaban J connectivity index is 3.07. The van der Waals surface area contributed by atoms with E-state index >= 15 is 0 Å². The average molecular weight is 193 g/mol. The number of pyridine rings is 1. The summed E-state index contributed by atoms with van der Waals surface area (Å²) in [4.78, 5) is 8.68. The molecular weight excluding hydrogens is 178 g/mol. The van der Waals surface area contributed by atoms with E-state index in [1.165, 1.54) is 7.11 Å². The number of anilines is 1. The van der Waals surface area contributed by atoms with Crippen molar-refractivity contribution in [1.29, 1.82) is 0 Å². The molecule has 1 heterocycles. The summed E-state index contributed by atoms with van der Waals surface area (Å²) < 4.78 is 0. The van der Waals surface area contributed by atoms with Gasteiger partial charge in [0.2, 0.25) is 0 Å². The van der Waals surface area contributed by atoms with Crippen LogP contribution in [-0.2, 0) is 4.84 Å². The zero-order valence-electron chi connectivity index (χ0n) is 8.69. The van der Waals surface area contributed by atoms with Crippen molar-refractivity contribution in [1.82, 2.24) is 4.98 Å². The van der Waals surface area contributed by atoms with Crippen LogP contribution in [0.4, 0.5) is 5.69 Å². The molecule has 0 unspecified atom stereocenters. The Hall–Kier alpha value is -1.58. The molecule has 14 heavy (non-hydrogen) atoms. The molecule has 0 atom stereocenters. The molecule has 4 heteroatoms. The first kappa shape index (κ1) is 10.5. The van der Waals surface area contributed by atoms with Crippen LogP contribution in [0, 0.1) is 0 Å². The van der Waals surface area contributed by atoms with Gasteiger partial charge in [-0.05, 0) is 11.5 Å². The Kier molecular flexibility index (Phi) is 3.45. The van der Waals surface area contributed by atoms with Gasteiger partial charge in [0.1, 0.15) is 7.11 Å². The second-order valence-corrected chi connectivity index (χ2v) is 3.30. The van der Waals surface area contributed by atoms with Crippen molar-refractivity contribution >= 4 is 11.9 Å². The molecule has 1 aromatic rings. The molecule has 0 aromatic carbocycles. The largest absolute Gasteiger partial charge is 0.399 e. The number of nitrogens with zero attached hydrogens (tertiary/aromatic N) is 2. The smallest absolute Gasteiger partial charge is 0.106 e. The fourth-order valence-corrected chi connectivity index (χ4v) is 1.18. The van der Waals surface area contributed by atoms with Gasteiger partial charge in [-0.25, -0.2) is 0 Å². The molecule has 0 radical (unpaired) electrons. The highest BCUT2D eigenvalue weighted by Gasteiger charge is 2.07. The van der Waals surface area contributed by atoms with Gasteiger partial charge in [0, 0.05) is 23.6 Å². The van der Waals surface area contributed by atoms with Gasteiger partial charge < -0.3 is 10.6 Å². The second kappa shape index (κ2) is 4.60. The lowest BCUT2D eigenvalue weighted by Crippen LogP contribution is -2.02. The average Bonchev–Trinajstić information content (AvgIpc) is 2.16. The maximum atomic E-state index is 5.94. The van der Waals surface area contributed by atoms with Gasteiger partial charge in [-0.15, -0.1) is 0 Å². The lowest BCUT2D eigenvalue weighted by molar-refractivity contribution is 0.215. The lowest BCUT2D eigenvalue weighted by Gasteiger charge is -2.09. The maximum absolute atomic E-state index is 5.94. The third-order valence-electron chi connectivity index (χ3n) is 1.97. The first-order valence-electron chi connectivity index (χ1n) is 4.46. The molecule has 0 bridgehead atoms. The van der Waals surface area contributed by atoms with E-state index in [2.05, 4.69) is 28.8 Å². The van der Waals surface area contributed by atoms with Crippen molar-refractivity contribution in [2.24, 2.45) is 5.16 Å². The summed E-state index contributed by atoms with van der Waals surface area (Å²) in [6, 6.07) is 0. The molecule has 0 spiro atoms. The van der Waals surface area contributed by atoms with Crippen molar-refractivity contribution < 1.29 is 4.84 Å². The standard InChI is InChI=1S/C10H15N3O/c1-7(2)9-6-12-4-8(10(9)11)5-13-14-3/h4-7H,1-3H3,(H2,11,12)/b13-5+. The van der Waals surface area contributed by atoms with Crippen LogP contribution in [0.15, 0.2) is 17.5 Å².